The number of hydrogen-bond donors (Lipinski definition) is 1. The first-order chi connectivity index (χ1) is 9.22. The standard InChI is InChI=1S/C16H26N2O/c1-3-18(15-7-5-4-6-8-15)12-13-9-14(17)11-16(10-13)19-2/h9-11,15H,3-8,12,17H2,1-2H3. The van der Waals surface area contributed by atoms with Gasteiger partial charge in [0, 0.05) is 24.3 Å². The number of methoxy groups -OCH3 is 1. The molecule has 0 heterocycles. The Bertz CT molecular complexity index is 400. The van der Waals surface area contributed by atoms with Crippen LogP contribution >= 0.6 is 0 Å². The summed E-state index contributed by atoms with van der Waals surface area (Å²) in [6.07, 6.45) is 6.84. The van der Waals surface area contributed by atoms with Crippen LogP contribution < -0.4 is 10.5 Å². The molecule has 0 aliphatic heterocycles. The molecule has 0 aromatic heterocycles. The molecule has 3 heteroatoms. The molecule has 0 unspecified atom stereocenters. The van der Waals surface area contributed by atoms with Crippen molar-refractivity contribution in [2.45, 2.75) is 51.6 Å². The van der Waals surface area contributed by atoms with Gasteiger partial charge in [-0.05, 0) is 37.1 Å². The lowest BCUT2D eigenvalue weighted by Crippen LogP contribution is -2.36. The maximum Gasteiger partial charge on any atom is 0.121 e. The Kier molecular flexibility index (Phi) is 5.08. The first-order valence-electron chi connectivity index (χ1n) is 7.40. The van der Waals surface area contributed by atoms with Gasteiger partial charge in [-0.1, -0.05) is 26.2 Å². The number of benzene rings is 1. The van der Waals surface area contributed by atoms with Gasteiger partial charge in [-0.25, -0.2) is 0 Å². The summed E-state index contributed by atoms with van der Waals surface area (Å²) in [5.74, 6) is 0.856. The second-order valence-corrected chi connectivity index (χ2v) is 5.47. The van der Waals surface area contributed by atoms with Gasteiger partial charge in [-0.3, -0.25) is 4.90 Å². The average molecular weight is 262 g/mol. The van der Waals surface area contributed by atoms with E-state index in [1.54, 1.807) is 7.11 Å². The van der Waals surface area contributed by atoms with E-state index in [0.717, 1.165) is 30.6 Å². The summed E-state index contributed by atoms with van der Waals surface area (Å²) in [7, 11) is 1.69. The van der Waals surface area contributed by atoms with Gasteiger partial charge >= 0.3 is 0 Å². The van der Waals surface area contributed by atoms with E-state index in [1.165, 1.54) is 37.7 Å². The third-order valence-corrected chi connectivity index (χ3v) is 4.11. The van der Waals surface area contributed by atoms with Gasteiger partial charge in [-0.2, -0.15) is 0 Å². The fourth-order valence-electron chi connectivity index (χ4n) is 3.08. The lowest BCUT2D eigenvalue weighted by atomic mass is 9.94. The van der Waals surface area contributed by atoms with Crippen LogP contribution in [-0.4, -0.2) is 24.6 Å². The van der Waals surface area contributed by atoms with Crippen LogP contribution in [0.1, 0.15) is 44.6 Å². The van der Waals surface area contributed by atoms with Crippen molar-refractivity contribution in [2.24, 2.45) is 0 Å². The third kappa shape index (κ3) is 3.87. The summed E-state index contributed by atoms with van der Waals surface area (Å²) >= 11 is 0. The summed E-state index contributed by atoms with van der Waals surface area (Å²) in [4.78, 5) is 2.58. The molecule has 1 aliphatic carbocycles. The Labute approximate surface area is 116 Å². The van der Waals surface area contributed by atoms with Gasteiger partial charge in [0.25, 0.3) is 0 Å². The van der Waals surface area contributed by atoms with E-state index in [0.29, 0.717) is 0 Å². The highest BCUT2D eigenvalue weighted by molar-refractivity contribution is 5.47. The van der Waals surface area contributed by atoms with Crippen molar-refractivity contribution < 1.29 is 4.74 Å². The SMILES string of the molecule is CCN(Cc1cc(N)cc(OC)c1)C1CCCCC1. The average Bonchev–Trinajstić information content (AvgIpc) is 2.45. The highest BCUT2D eigenvalue weighted by Gasteiger charge is 2.20. The van der Waals surface area contributed by atoms with Crippen LogP contribution in [0.3, 0.4) is 0 Å². The lowest BCUT2D eigenvalue weighted by Gasteiger charge is -2.33. The van der Waals surface area contributed by atoms with Crippen molar-refractivity contribution in [1.29, 1.82) is 0 Å². The fourth-order valence-corrected chi connectivity index (χ4v) is 3.08. The Morgan fingerprint density at radius 2 is 1.95 bits per heavy atom. The number of anilines is 1. The van der Waals surface area contributed by atoms with E-state index in [2.05, 4.69) is 24.0 Å². The van der Waals surface area contributed by atoms with Crippen LogP contribution in [0, 0.1) is 0 Å². The Hall–Kier alpha value is -1.22. The molecule has 1 saturated carbocycles. The molecule has 0 atom stereocenters. The molecule has 2 N–H and O–H groups in total. The molecule has 1 aliphatic rings. The summed E-state index contributed by atoms with van der Waals surface area (Å²) in [6.45, 7) is 4.32. The number of hydrogen-bond acceptors (Lipinski definition) is 3. The molecule has 106 valence electrons. The maximum atomic E-state index is 5.93. The van der Waals surface area contributed by atoms with Crippen molar-refractivity contribution >= 4 is 5.69 Å². The second-order valence-electron chi connectivity index (χ2n) is 5.47. The molecule has 1 aromatic rings. The van der Waals surface area contributed by atoms with Gasteiger partial charge in [0.2, 0.25) is 0 Å². The zero-order valence-electron chi connectivity index (χ0n) is 12.2. The van der Waals surface area contributed by atoms with Crippen molar-refractivity contribution in [3.63, 3.8) is 0 Å². The Morgan fingerprint density at radius 1 is 1.21 bits per heavy atom. The molecular weight excluding hydrogens is 236 g/mol. The van der Waals surface area contributed by atoms with Crippen LogP contribution in [0.15, 0.2) is 18.2 Å². The van der Waals surface area contributed by atoms with E-state index in [1.807, 2.05) is 6.07 Å². The number of nitrogens with two attached hydrogens (primary N) is 1. The van der Waals surface area contributed by atoms with Crippen LogP contribution in [0.4, 0.5) is 5.69 Å². The molecule has 0 saturated heterocycles. The van der Waals surface area contributed by atoms with E-state index in [9.17, 15) is 0 Å². The van der Waals surface area contributed by atoms with E-state index >= 15 is 0 Å². The quantitative estimate of drug-likeness (QED) is 0.826. The molecule has 0 bridgehead atoms. The number of ether oxygens (including phenoxy) is 1. The highest BCUT2D eigenvalue weighted by atomic mass is 16.5. The molecule has 0 radical (unpaired) electrons. The predicted octanol–water partition coefficient (Wildman–Crippen LogP) is 3.43. The molecule has 19 heavy (non-hydrogen) atoms. The summed E-state index contributed by atoms with van der Waals surface area (Å²) in [5.41, 5.74) is 7.97. The largest absolute Gasteiger partial charge is 0.497 e. The molecule has 2 rings (SSSR count). The normalized spacial score (nSPS) is 16.8. The minimum Gasteiger partial charge on any atom is -0.497 e. The van der Waals surface area contributed by atoms with E-state index in [4.69, 9.17) is 10.5 Å². The monoisotopic (exact) mass is 262 g/mol. The van der Waals surface area contributed by atoms with Crippen molar-refractivity contribution in [3.8, 4) is 5.75 Å². The van der Waals surface area contributed by atoms with Crippen LogP contribution in [0.25, 0.3) is 0 Å². The molecular formula is C16H26N2O. The van der Waals surface area contributed by atoms with E-state index < -0.39 is 0 Å². The third-order valence-electron chi connectivity index (χ3n) is 4.11. The molecule has 1 aromatic carbocycles. The molecule has 0 amide bonds. The van der Waals surface area contributed by atoms with Gasteiger partial charge in [0.05, 0.1) is 7.11 Å². The van der Waals surface area contributed by atoms with Gasteiger partial charge in [0.15, 0.2) is 0 Å². The van der Waals surface area contributed by atoms with Crippen molar-refractivity contribution in [3.05, 3.63) is 23.8 Å². The topological polar surface area (TPSA) is 38.5 Å². The predicted molar refractivity (Wildman–Crippen MR) is 80.4 cm³/mol. The number of nitrogens with zero attached hydrogens (tertiary/aromatic N) is 1. The zero-order valence-corrected chi connectivity index (χ0v) is 12.2. The highest BCUT2D eigenvalue weighted by Crippen LogP contribution is 2.25. The lowest BCUT2D eigenvalue weighted by molar-refractivity contribution is 0.156. The van der Waals surface area contributed by atoms with Gasteiger partial charge in [0.1, 0.15) is 5.75 Å². The minimum absolute atomic E-state index is 0.742. The molecule has 0 spiro atoms. The summed E-state index contributed by atoms with van der Waals surface area (Å²) < 4.78 is 5.30. The van der Waals surface area contributed by atoms with E-state index in [-0.39, 0.29) is 0 Å². The Morgan fingerprint density at radius 3 is 2.58 bits per heavy atom. The number of nitrogen functional groups attached to an aromatic ring is 1. The Balaban J connectivity index is 2.06. The number of rotatable bonds is 5. The van der Waals surface area contributed by atoms with Crippen LogP contribution in [0.2, 0.25) is 0 Å². The molecule has 3 nitrogen and oxygen atoms in total. The summed E-state index contributed by atoms with van der Waals surface area (Å²) in [6, 6.07) is 6.78. The molecule has 1 fully saturated rings. The van der Waals surface area contributed by atoms with Crippen molar-refractivity contribution in [1.82, 2.24) is 4.90 Å². The smallest absolute Gasteiger partial charge is 0.121 e. The minimum atomic E-state index is 0.742. The van der Waals surface area contributed by atoms with Crippen molar-refractivity contribution in [2.75, 3.05) is 19.4 Å². The maximum absolute atomic E-state index is 5.93. The van der Waals surface area contributed by atoms with Crippen LogP contribution in [-0.2, 0) is 6.54 Å². The first kappa shape index (κ1) is 14.2. The van der Waals surface area contributed by atoms with Crippen LogP contribution in [0.5, 0.6) is 5.75 Å². The zero-order chi connectivity index (χ0) is 13.7. The fraction of sp³-hybridized carbons (Fsp3) is 0.625. The van der Waals surface area contributed by atoms with Gasteiger partial charge < -0.3 is 10.5 Å². The van der Waals surface area contributed by atoms with Gasteiger partial charge in [-0.15, -0.1) is 0 Å². The second kappa shape index (κ2) is 6.80. The first-order valence-corrected chi connectivity index (χ1v) is 7.40. The summed E-state index contributed by atoms with van der Waals surface area (Å²) in [5, 5.41) is 0.